The van der Waals surface area contributed by atoms with E-state index in [-0.39, 0.29) is 11.8 Å². The molecule has 0 spiro atoms. The minimum Gasteiger partial charge on any atom is -0.338 e. The van der Waals surface area contributed by atoms with Crippen LogP contribution in [-0.4, -0.2) is 38.4 Å². The fraction of sp³-hybridized carbons (Fsp3) is 0.286. The molecule has 0 bridgehead atoms. The molecule has 1 atom stereocenters. The van der Waals surface area contributed by atoms with Gasteiger partial charge in [0.15, 0.2) is 0 Å². The second kappa shape index (κ2) is 7.92. The summed E-state index contributed by atoms with van der Waals surface area (Å²) >= 11 is 5.94. The predicted molar refractivity (Wildman–Crippen MR) is 105 cm³/mol. The maximum Gasteiger partial charge on any atom is 0.253 e. The summed E-state index contributed by atoms with van der Waals surface area (Å²) in [6.07, 6.45) is 9.51. The Morgan fingerprint density at radius 2 is 2.04 bits per heavy atom. The molecular formula is C21H21ClN4O. The molecule has 5 nitrogen and oxygen atoms in total. The molecule has 2 aromatic heterocycles. The largest absolute Gasteiger partial charge is 0.338 e. The minimum atomic E-state index is 0.0572. The van der Waals surface area contributed by atoms with E-state index < -0.39 is 0 Å². The molecular weight excluding hydrogens is 360 g/mol. The van der Waals surface area contributed by atoms with Crippen LogP contribution in [0.3, 0.4) is 0 Å². The maximum atomic E-state index is 12.8. The fourth-order valence-corrected chi connectivity index (χ4v) is 3.78. The molecule has 1 amide bonds. The Labute approximate surface area is 163 Å². The molecule has 0 unspecified atom stereocenters. The average Bonchev–Trinajstić information content (AvgIpc) is 3.17. The SMILES string of the molecule is O=C(c1ccc(Cl)cc1)N1CCC[C@H](c2nccn2Cc2cccnc2)C1. The Kier molecular flexibility index (Phi) is 5.21. The summed E-state index contributed by atoms with van der Waals surface area (Å²) in [4.78, 5) is 23.6. The molecule has 138 valence electrons. The average molecular weight is 381 g/mol. The van der Waals surface area contributed by atoms with Crippen molar-refractivity contribution in [3.8, 4) is 0 Å². The number of aromatic nitrogens is 3. The monoisotopic (exact) mass is 380 g/mol. The summed E-state index contributed by atoms with van der Waals surface area (Å²) in [6.45, 7) is 2.21. The van der Waals surface area contributed by atoms with Gasteiger partial charge in [-0.1, -0.05) is 17.7 Å². The molecule has 1 saturated heterocycles. The van der Waals surface area contributed by atoms with Gasteiger partial charge in [0, 0.05) is 54.4 Å². The molecule has 1 aromatic carbocycles. The van der Waals surface area contributed by atoms with Crippen LogP contribution in [0.5, 0.6) is 0 Å². The molecule has 1 fully saturated rings. The number of carbonyl (C=O) groups is 1. The molecule has 3 aromatic rings. The van der Waals surface area contributed by atoms with E-state index in [0.29, 0.717) is 17.1 Å². The lowest BCUT2D eigenvalue weighted by Gasteiger charge is -2.32. The zero-order chi connectivity index (χ0) is 18.6. The van der Waals surface area contributed by atoms with Crippen molar-refractivity contribution in [1.29, 1.82) is 0 Å². The number of imidazole rings is 1. The number of hydrogen-bond donors (Lipinski definition) is 0. The van der Waals surface area contributed by atoms with Crippen LogP contribution >= 0.6 is 11.6 Å². The van der Waals surface area contributed by atoms with Gasteiger partial charge in [-0.2, -0.15) is 0 Å². The number of likely N-dealkylation sites (tertiary alicyclic amines) is 1. The summed E-state index contributed by atoms with van der Waals surface area (Å²) < 4.78 is 2.16. The Hall–Kier alpha value is -2.66. The van der Waals surface area contributed by atoms with Gasteiger partial charge in [0.25, 0.3) is 5.91 Å². The number of pyridine rings is 1. The van der Waals surface area contributed by atoms with Gasteiger partial charge in [-0.25, -0.2) is 4.98 Å². The quantitative estimate of drug-likeness (QED) is 0.687. The van der Waals surface area contributed by atoms with Crippen molar-refractivity contribution in [3.63, 3.8) is 0 Å². The van der Waals surface area contributed by atoms with E-state index in [0.717, 1.165) is 37.3 Å². The van der Waals surface area contributed by atoms with Gasteiger partial charge in [0.1, 0.15) is 5.82 Å². The van der Waals surface area contributed by atoms with Crippen LogP contribution in [0.1, 0.15) is 40.5 Å². The van der Waals surface area contributed by atoms with Crippen molar-refractivity contribution in [1.82, 2.24) is 19.4 Å². The fourth-order valence-electron chi connectivity index (χ4n) is 3.65. The lowest BCUT2D eigenvalue weighted by atomic mass is 9.96. The van der Waals surface area contributed by atoms with E-state index in [1.807, 2.05) is 29.6 Å². The number of piperidine rings is 1. The first-order chi connectivity index (χ1) is 13.2. The van der Waals surface area contributed by atoms with Crippen molar-refractivity contribution >= 4 is 17.5 Å². The van der Waals surface area contributed by atoms with Gasteiger partial charge in [-0.05, 0) is 48.7 Å². The Bertz CT molecular complexity index is 907. The van der Waals surface area contributed by atoms with Gasteiger partial charge >= 0.3 is 0 Å². The summed E-state index contributed by atoms with van der Waals surface area (Å²) in [7, 11) is 0. The van der Waals surface area contributed by atoms with Crippen LogP contribution in [0.2, 0.25) is 5.02 Å². The molecule has 1 aliphatic heterocycles. The van der Waals surface area contributed by atoms with Crippen LogP contribution in [0.15, 0.2) is 61.2 Å². The summed E-state index contributed by atoms with van der Waals surface area (Å²) in [6, 6.07) is 11.1. The summed E-state index contributed by atoms with van der Waals surface area (Å²) in [5, 5.41) is 0.639. The molecule has 3 heterocycles. The van der Waals surface area contributed by atoms with E-state index in [1.165, 1.54) is 0 Å². The summed E-state index contributed by atoms with van der Waals surface area (Å²) in [5.41, 5.74) is 1.82. The molecule has 0 saturated carbocycles. The third-order valence-corrected chi connectivity index (χ3v) is 5.24. The second-order valence-corrected chi connectivity index (χ2v) is 7.31. The minimum absolute atomic E-state index is 0.0572. The summed E-state index contributed by atoms with van der Waals surface area (Å²) in [5.74, 6) is 1.33. The molecule has 1 aliphatic rings. The lowest BCUT2D eigenvalue weighted by molar-refractivity contribution is 0.0703. The van der Waals surface area contributed by atoms with Crippen LogP contribution < -0.4 is 0 Å². The number of rotatable bonds is 4. The zero-order valence-corrected chi connectivity index (χ0v) is 15.7. The van der Waals surface area contributed by atoms with Gasteiger partial charge in [-0.3, -0.25) is 9.78 Å². The van der Waals surface area contributed by atoms with E-state index in [4.69, 9.17) is 11.6 Å². The maximum absolute atomic E-state index is 12.8. The van der Waals surface area contributed by atoms with Crippen molar-refractivity contribution in [2.24, 2.45) is 0 Å². The van der Waals surface area contributed by atoms with Crippen LogP contribution in [0.25, 0.3) is 0 Å². The smallest absolute Gasteiger partial charge is 0.253 e. The Morgan fingerprint density at radius 1 is 1.19 bits per heavy atom. The highest BCUT2D eigenvalue weighted by atomic mass is 35.5. The predicted octanol–water partition coefficient (Wildman–Crippen LogP) is 4.00. The van der Waals surface area contributed by atoms with E-state index in [9.17, 15) is 4.79 Å². The highest BCUT2D eigenvalue weighted by Crippen LogP contribution is 2.27. The Morgan fingerprint density at radius 3 is 2.81 bits per heavy atom. The normalized spacial score (nSPS) is 17.1. The third-order valence-electron chi connectivity index (χ3n) is 4.99. The molecule has 0 radical (unpaired) electrons. The second-order valence-electron chi connectivity index (χ2n) is 6.87. The van der Waals surface area contributed by atoms with E-state index in [1.54, 1.807) is 30.5 Å². The molecule has 6 heteroatoms. The van der Waals surface area contributed by atoms with Gasteiger partial charge in [0.05, 0.1) is 6.54 Å². The van der Waals surface area contributed by atoms with Gasteiger partial charge in [-0.15, -0.1) is 0 Å². The highest BCUT2D eigenvalue weighted by Gasteiger charge is 2.28. The number of hydrogen-bond acceptors (Lipinski definition) is 3. The molecule has 0 N–H and O–H groups in total. The van der Waals surface area contributed by atoms with Crippen molar-refractivity contribution in [3.05, 3.63) is 83.2 Å². The topological polar surface area (TPSA) is 51.0 Å². The first-order valence-electron chi connectivity index (χ1n) is 9.15. The van der Waals surface area contributed by atoms with Crippen molar-refractivity contribution in [2.45, 2.75) is 25.3 Å². The zero-order valence-electron chi connectivity index (χ0n) is 15.0. The van der Waals surface area contributed by atoms with Crippen LogP contribution in [-0.2, 0) is 6.54 Å². The number of carbonyl (C=O) groups excluding carboxylic acids is 1. The Balaban J connectivity index is 1.50. The number of halogens is 1. The van der Waals surface area contributed by atoms with E-state index in [2.05, 4.69) is 20.6 Å². The standard InChI is InChI=1S/C21H21ClN4O/c22-19-7-5-17(6-8-19)21(27)26-11-2-4-18(15-26)20-24-10-12-25(20)14-16-3-1-9-23-13-16/h1,3,5-10,12-13,18H,2,4,11,14-15H2/t18-/m0/s1. The highest BCUT2D eigenvalue weighted by molar-refractivity contribution is 6.30. The number of amides is 1. The van der Waals surface area contributed by atoms with Crippen LogP contribution in [0, 0.1) is 0 Å². The first kappa shape index (κ1) is 17.7. The van der Waals surface area contributed by atoms with Gasteiger partial charge in [0.2, 0.25) is 0 Å². The van der Waals surface area contributed by atoms with Crippen molar-refractivity contribution < 1.29 is 4.79 Å². The molecule has 27 heavy (non-hydrogen) atoms. The van der Waals surface area contributed by atoms with Gasteiger partial charge < -0.3 is 9.47 Å². The molecule has 4 rings (SSSR count). The molecule has 0 aliphatic carbocycles. The van der Waals surface area contributed by atoms with Crippen molar-refractivity contribution in [2.75, 3.05) is 13.1 Å². The first-order valence-corrected chi connectivity index (χ1v) is 9.53. The lowest BCUT2D eigenvalue weighted by Crippen LogP contribution is -2.39. The number of benzene rings is 1. The van der Waals surface area contributed by atoms with E-state index >= 15 is 0 Å². The third kappa shape index (κ3) is 4.03. The number of nitrogens with zero attached hydrogens (tertiary/aromatic N) is 4. The van der Waals surface area contributed by atoms with Crippen LogP contribution in [0.4, 0.5) is 0 Å².